The summed E-state index contributed by atoms with van der Waals surface area (Å²) in [5.74, 6) is 2.49. The Hall–Kier alpha value is -2.62. The molecule has 0 aliphatic carbocycles. The highest BCUT2D eigenvalue weighted by Crippen LogP contribution is 2.37. The Morgan fingerprint density at radius 3 is 1.76 bits per heavy atom. The summed E-state index contributed by atoms with van der Waals surface area (Å²) in [7, 11) is 0. The van der Waals surface area contributed by atoms with Gasteiger partial charge in [-0.05, 0) is 55.8 Å². The average molecular weight is 284 g/mol. The van der Waals surface area contributed by atoms with Gasteiger partial charge in [0.1, 0.15) is 29.0 Å². The van der Waals surface area contributed by atoms with Gasteiger partial charge in [-0.25, -0.2) is 0 Å². The molecule has 0 fully saturated rings. The van der Waals surface area contributed by atoms with Crippen molar-refractivity contribution >= 4 is 0 Å². The number of hydrogen-bond acceptors (Lipinski definition) is 4. The maximum atomic E-state index is 9.74. The number of aromatic hydroxyl groups is 2. The normalized spacial score (nSPS) is 11.2. The second-order valence-corrected chi connectivity index (χ2v) is 5.08. The molecule has 108 valence electrons. The average Bonchev–Trinajstić information content (AvgIpc) is 3.04. The zero-order valence-electron chi connectivity index (χ0n) is 11.8. The molecule has 3 aromatic rings. The number of phenolic OH excluding ortho intramolecular Hbond substituents is 2. The SMILES string of the molecule is Cc1ccc(C(c2ccc(O)c(O)c2)c2ccc(C)o2)o1. The molecule has 0 aliphatic heterocycles. The molecule has 0 saturated carbocycles. The lowest BCUT2D eigenvalue weighted by Gasteiger charge is -2.13. The fraction of sp³-hybridized carbons (Fsp3) is 0.176. The minimum Gasteiger partial charge on any atom is -0.504 e. The Labute approximate surface area is 122 Å². The third-order valence-corrected chi connectivity index (χ3v) is 3.42. The van der Waals surface area contributed by atoms with Gasteiger partial charge in [0.15, 0.2) is 11.5 Å². The van der Waals surface area contributed by atoms with Crippen molar-refractivity contribution in [2.75, 3.05) is 0 Å². The van der Waals surface area contributed by atoms with Crippen LogP contribution in [0.4, 0.5) is 0 Å². The van der Waals surface area contributed by atoms with Gasteiger partial charge in [0.25, 0.3) is 0 Å². The molecule has 2 heterocycles. The Morgan fingerprint density at radius 1 is 0.762 bits per heavy atom. The topological polar surface area (TPSA) is 66.7 Å². The highest BCUT2D eigenvalue weighted by Gasteiger charge is 2.24. The zero-order valence-corrected chi connectivity index (χ0v) is 11.8. The van der Waals surface area contributed by atoms with Crippen molar-refractivity contribution in [1.29, 1.82) is 0 Å². The van der Waals surface area contributed by atoms with Crippen molar-refractivity contribution in [1.82, 2.24) is 0 Å². The Kier molecular flexibility index (Phi) is 3.22. The Morgan fingerprint density at radius 2 is 1.33 bits per heavy atom. The van der Waals surface area contributed by atoms with E-state index in [9.17, 15) is 10.2 Å². The Bertz CT molecular complexity index is 726. The lowest BCUT2D eigenvalue weighted by molar-refractivity contribution is 0.400. The highest BCUT2D eigenvalue weighted by molar-refractivity contribution is 5.46. The van der Waals surface area contributed by atoms with Crippen molar-refractivity contribution in [3.05, 3.63) is 71.1 Å². The largest absolute Gasteiger partial charge is 0.504 e. The number of benzene rings is 1. The van der Waals surface area contributed by atoms with Crippen LogP contribution in [0.3, 0.4) is 0 Å². The first-order chi connectivity index (χ1) is 10.0. The third kappa shape index (κ3) is 2.52. The summed E-state index contributed by atoms with van der Waals surface area (Å²) in [4.78, 5) is 0. The van der Waals surface area contributed by atoms with E-state index in [1.54, 1.807) is 6.07 Å². The minimum absolute atomic E-state index is 0.149. The van der Waals surface area contributed by atoms with Crippen molar-refractivity contribution < 1.29 is 19.0 Å². The molecule has 4 nitrogen and oxygen atoms in total. The van der Waals surface area contributed by atoms with Gasteiger partial charge in [0.05, 0.1) is 0 Å². The number of aryl methyl sites for hydroxylation is 2. The number of rotatable bonds is 3. The van der Waals surface area contributed by atoms with Gasteiger partial charge in [0, 0.05) is 0 Å². The van der Waals surface area contributed by atoms with Crippen molar-refractivity contribution in [2.24, 2.45) is 0 Å². The van der Waals surface area contributed by atoms with E-state index in [-0.39, 0.29) is 17.4 Å². The lowest BCUT2D eigenvalue weighted by Crippen LogP contribution is -2.00. The van der Waals surface area contributed by atoms with Crippen molar-refractivity contribution in [3.8, 4) is 11.5 Å². The first-order valence-electron chi connectivity index (χ1n) is 6.69. The zero-order chi connectivity index (χ0) is 15.0. The first kappa shape index (κ1) is 13.4. The van der Waals surface area contributed by atoms with Crippen molar-refractivity contribution in [3.63, 3.8) is 0 Å². The summed E-state index contributed by atoms with van der Waals surface area (Å²) >= 11 is 0. The molecular weight excluding hydrogens is 268 g/mol. The molecule has 1 aromatic carbocycles. The van der Waals surface area contributed by atoms with Crippen LogP contribution in [0.1, 0.15) is 34.5 Å². The molecular formula is C17H16O4. The molecule has 0 aliphatic rings. The summed E-state index contributed by atoms with van der Waals surface area (Å²) in [6, 6.07) is 12.3. The fourth-order valence-corrected chi connectivity index (χ4v) is 2.41. The fourth-order valence-electron chi connectivity index (χ4n) is 2.41. The predicted molar refractivity (Wildman–Crippen MR) is 77.6 cm³/mol. The van der Waals surface area contributed by atoms with Crippen LogP contribution in [-0.4, -0.2) is 10.2 Å². The van der Waals surface area contributed by atoms with Gasteiger partial charge in [-0.1, -0.05) is 6.07 Å². The van der Waals surface area contributed by atoms with Crippen LogP contribution in [-0.2, 0) is 0 Å². The minimum atomic E-state index is -0.265. The predicted octanol–water partition coefficient (Wildman–Crippen LogP) is 4.08. The summed E-state index contributed by atoms with van der Waals surface area (Å²) in [5.41, 5.74) is 0.786. The van der Waals surface area contributed by atoms with E-state index < -0.39 is 0 Å². The quantitative estimate of drug-likeness (QED) is 0.711. The van der Waals surface area contributed by atoms with Gasteiger partial charge >= 0.3 is 0 Å². The second-order valence-electron chi connectivity index (χ2n) is 5.08. The van der Waals surface area contributed by atoms with E-state index in [4.69, 9.17) is 8.83 Å². The molecule has 0 spiro atoms. The van der Waals surface area contributed by atoms with Gasteiger partial charge in [0.2, 0.25) is 0 Å². The summed E-state index contributed by atoms with van der Waals surface area (Å²) in [6.07, 6.45) is 0. The van der Waals surface area contributed by atoms with E-state index in [1.165, 1.54) is 12.1 Å². The molecule has 2 N–H and O–H groups in total. The Balaban J connectivity index is 2.13. The molecule has 3 rings (SSSR count). The molecule has 21 heavy (non-hydrogen) atoms. The second kappa shape index (κ2) is 5.05. The van der Waals surface area contributed by atoms with E-state index >= 15 is 0 Å². The van der Waals surface area contributed by atoms with Crippen LogP contribution in [0.5, 0.6) is 11.5 Å². The van der Waals surface area contributed by atoms with E-state index in [1.807, 2.05) is 38.1 Å². The monoisotopic (exact) mass is 284 g/mol. The number of furan rings is 2. The summed E-state index contributed by atoms with van der Waals surface area (Å²) in [5, 5.41) is 19.2. The number of phenols is 2. The van der Waals surface area contributed by atoms with E-state index in [2.05, 4.69) is 0 Å². The molecule has 0 bridgehead atoms. The van der Waals surface area contributed by atoms with Crippen LogP contribution >= 0.6 is 0 Å². The molecule has 4 heteroatoms. The lowest BCUT2D eigenvalue weighted by atomic mass is 9.93. The van der Waals surface area contributed by atoms with Gasteiger partial charge in [-0.3, -0.25) is 0 Å². The maximum Gasteiger partial charge on any atom is 0.157 e. The van der Waals surface area contributed by atoms with Gasteiger partial charge in [-0.15, -0.1) is 0 Å². The first-order valence-corrected chi connectivity index (χ1v) is 6.69. The van der Waals surface area contributed by atoms with Crippen LogP contribution in [0, 0.1) is 13.8 Å². The van der Waals surface area contributed by atoms with E-state index in [0.29, 0.717) is 0 Å². The molecule has 0 saturated heterocycles. The van der Waals surface area contributed by atoms with Crippen LogP contribution in [0.15, 0.2) is 51.3 Å². The van der Waals surface area contributed by atoms with Crippen LogP contribution in [0.2, 0.25) is 0 Å². The molecule has 0 atom stereocenters. The van der Waals surface area contributed by atoms with E-state index in [0.717, 1.165) is 28.6 Å². The smallest absolute Gasteiger partial charge is 0.157 e. The maximum absolute atomic E-state index is 9.74. The van der Waals surface area contributed by atoms with Crippen LogP contribution in [0.25, 0.3) is 0 Å². The van der Waals surface area contributed by atoms with Crippen molar-refractivity contribution in [2.45, 2.75) is 19.8 Å². The molecule has 0 radical (unpaired) electrons. The summed E-state index contributed by atoms with van der Waals surface area (Å²) in [6.45, 7) is 3.75. The standard InChI is InChI=1S/C17H16O4/c1-10-3-7-15(20-10)17(16-8-4-11(2)21-16)12-5-6-13(18)14(19)9-12/h3-9,17-19H,1-2H3. The molecule has 0 amide bonds. The number of hydrogen-bond donors (Lipinski definition) is 2. The highest BCUT2D eigenvalue weighted by atomic mass is 16.4. The third-order valence-electron chi connectivity index (χ3n) is 3.42. The molecule has 0 unspecified atom stereocenters. The van der Waals surface area contributed by atoms with Gasteiger partial charge in [-0.2, -0.15) is 0 Å². The molecule has 2 aromatic heterocycles. The summed E-state index contributed by atoms with van der Waals surface area (Å²) < 4.78 is 11.5. The van der Waals surface area contributed by atoms with Crippen LogP contribution < -0.4 is 0 Å². The van der Waals surface area contributed by atoms with Gasteiger partial charge < -0.3 is 19.0 Å².